The SMILES string of the molecule is CN(C)C1=Nc2ccc(CCc3ccc(N(Cc4ncc[nH]4)c4ccc(F)cc4)cc3)cc2C1. The van der Waals surface area contributed by atoms with Crippen LogP contribution >= 0.6 is 0 Å². The van der Waals surface area contributed by atoms with Gasteiger partial charge in [0.2, 0.25) is 0 Å². The normalized spacial score (nSPS) is 12.4. The van der Waals surface area contributed by atoms with Crippen molar-refractivity contribution in [1.29, 1.82) is 0 Å². The number of nitrogens with zero attached hydrogens (tertiary/aromatic N) is 4. The molecular weight excluding hydrogens is 425 g/mol. The number of hydrogen-bond donors (Lipinski definition) is 1. The van der Waals surface area contributed by atoms with Gasteiger partial charge in [0.05, 0.1) is 12.2 Å². The first kappa shape index (κ1) is 21.9. The van der Waals surface area contributed by atoms with Gasteiger partial charge in [-0.05, 0) is 72.0 Å². The van der Waals surface area contributed by atoms with Crippen LogP contribution in [0.3, 0.4) is 0 Å². The van der Waals surface area contributed by atoms with Crippen LogP contribution in [0.2, 0.25) is 0 Å². The van der Waals surface area contributed by atoms with E-state index in [0.717, 1.165) is 48.0 Å². The van der Waals surface area contributed by atoms with Crippen molar-refractivity contribution in [2.75, 3.05) is 19.0 Å². The molecule has 0 atom stereocenters. The molecule has 1 aromatic heterocycles. The number of aromatic amines is 1. The highest BCUT2D eigenvalue weighted by Gasteiger charge is 2.16. The third-order valence-electron chi connectivity index (χ3n) is 6.21. The van der Waals surface area contributed by atoms with Gasteiger partial charge in [0, 0.05) is 44.3 Å². The van der Waals surface area contributed by atoms with Gasteiger partial charge in [-0.2, -0.15) is 0 Å². The molecule has 0 unspecified atom stereocenters. The maximum atomic E-state index is 13.5. The number of aryl methyl sites for hydroxylation is 2. The van der Waals surface area contributed by atoms with E-state index in [0.29, 0.717) is 6.54 Å². The number of aliphatic imine (C=N–C) groups is 1. The molecule has 2 heterocycles. The van der Waals surface area contributed by atoms with Crippen LogP contribution in [0.5, 0.6) is 0 Å². The Balaban J connectivity index is 1.28. The number of nitrogens with one attached hydrogen (secondary N) is 1. The lowest BCUT2D eigenvalue weighted by Crippen LogP contribution is -2.21. The van der Waals surface area contributed by atoms with E-state index >= 15 is 0 Å². The molecule has 5 nitrogen and oxygen atoms in total. The summed E-state index contributed by atoms with van der Waals surface area (Å²) in [6.45, 7) is 0.574. The van der Waals surface area contributed by atoms with Crippen molar-refractivity contribution < 1.29 is 4.39 Å². The standard InChI is InChI=1S/C28H28FN5/c1-33(2)28-18-22-17-21(7-14-26(22)32-28)4-3-20-5-10-24(11-6-20)34(19-27-30-15-16-31-27)25-12-8-23(29)9-13-25/h5-17H,3-4,18-19H2,1-2H3,(H,30,31). The molecule has 1 aliphatic heterocycles. The summed E-state index contributed by atoms with van der Waals surface area (Å²) in [6.07, 6.45) is 6.41. The van der Waals surface area contributed by atoms with Gasteiger partial charge in [0.25, 0.3) is 0 Å². The van der Waals surface area contributed by atoms with Crippen LogP contribution in [0.4, 0.5) is 21.5 Å². The lowest BCUT2D eigenvalue weighted by molar-refractivity contribution is 0.614. The molecule has 0 bridgehead atoms. The van der Waals surface area contributed by atoms with E-state index in [9.17, 15) is 4.39 Å². The van der Waals surface area contributed by atoms with Gasteiger partial charge in [0.1, 0.15) is 17.5 Å². The van der Waals surface area contributed by atoms with Crippen molar-refractivity contribution in [3.05, 3.63) is 107 Å². The van der Waals surface area contributed by atoms with Gasteiger partial charge in [-0.3, -0.25) is 0 Å². The molecule has 6 heteroatoms. The predicted octanol–water partition coefficient (Wildman–Crippen LogP) is 5.82. The van der Waals surface area contributed by atoms with Crippen LogP contribution in [0, 0.1) is 5.82 Å². The predicted molar refractivity (Wildman–Crippen MR) is 136 cm³/mol. The summed E-state index contributed by atoms with van der Waals surface area (Å²) in [7, 11) is 4.09. The summed E-state index contributed by atoms with van der Waals surface area (Å²) in [4.78, 5) is 16.4. The minimum Gasteiger partial charge on any atom is -0.366 e. The molecule has 1 aliphatic rings. The number of imidazole rings is 1. The van der Waals surface area contributed by atoms with E-state index < -0.39 is 0 Å². The minimum absolute atomic E-state index is 0.242. The number of anilines is 2. The molecule has 0 amide bonds. The third-order valence-corrected chi connectivity index (χ3v) is 6.21. The smallest absolute Gasteiger partial charge is 0.126 e. The molecule has 0 aliphatic carbocycles. The lowest BCUT2D eigenvalue weighted by Gasteiger charge is -2.24. The van der Waals surface area contributed by atoms with E-state index in [-0.39, 0.29) is 5.82 Å². The minimum atomic E-state index is -0.242. The maximum absolute atomic E-state index is 13.5. The Morgan fingerprint density at radius 2 is 1.56 bits per heavy atom. The molecule has 0 radical (unpaired) electrons. The first-order chi connectivity index (χ1) is 16.5. The van der Waals surface area contributed by atoms with Crippen LogP contribution in [0.1, 0.15) is 22.5 Å². The lowest BCUT2D eigenvalue weighted by atomic mass is 10.0. The zero-order valence-electron chi connectivity index (χ0n) is 19.5. The van der Waals surface area contributed by atoms with Crippen LogP contribution in [0.15, 0.2) is 84.1 Å². The van der Waals surface area contributed by atoms with Crippen LogP contribution < -0.4 is 4.90 Å². The Labute approximate surface area is 199 Å². The zero-order chi connectivity index (χ0) is 23.5. The molecule has 4 aromatic rings. The molecule has 34 heavy (non-hydrogen) atoms. The summed E-state index contributed by atoms with van der Waals surface area (Å²) in [5.41, 5.74) is 6.98. The summed E-state index contributed by atoms with van der Waals surface area (Å²) in [5.74, 6) is 1.72. The monoisotopic (exact) mass is 453 g/mol. The van der Waals surface area contributed by atoms with Crippen molar-refractivity contribution in [3.8, 4) is 0 Å². The number of benzene rings is 3. The van der Waals surface area contributed by atoms with E-state index in [1.165, 1.54) is 28.8 Å². The Morgan fingerprint density at radius 3 is 2.24 bits per heavy atom. The van der Waals surface area contributed by atoms with Gasteiger partial charge in [-0.1, -0.05) is 24.3 Å². The number of H-pyrrole nitrogens is 1. The number of rotatable bonds is 7. The number of aromatic nitrogens is 2. The average molecular weight is 454 g/mol. The largest absolute Gasteiger partial charge is 0.366 e. The highest BCUT2D eigenvalue weighted by Crippen LogP contribution is 2.30. The van der Waals surface area contributed by atoms with Gasteiger partial charge in [-0.15, -0.1) is 0 Å². The van der Waals surface area contributed by atoms with Crippen molar-refractivity contribution in [2.24, 2.45) is 4.99 Å². The molecule has 5 rings (SSSR count). The van der Waals surface area contributed by atoms with Gasteiger partial charge < -0.3 is 14.8 Å². The number of fused-ring (bicyclic) bond motifs is 1. The van der Waals surface area contributed by atoms with E-state index in [4.69, 9.17) is 4.99 Å². The molecule has 0 fully saturated rings. The van der Waals surface area contributed by atoms with Gasteiger partial charge >= 0.3 is 0 Å². The van der Waals surface area contributed by atoms with Crippen molar-refractivity contribution >= 4 is 22.9 Å². The molecule has 0 spiro atoms. The maximum Gasteiger partial charge on any atom is 0.126 e. The summed E-state index contributed by atoms with van der Waals surface area (Å²) in [6, 6.07) is 21.8. The quantitative estimate of drug-likeness (QED) is 0.384. The van der Waals surface area contributed by atoms with Crippen LogP contribution in [0.25, 0.3) is 0 Å². The summed E-state index contributed by atoms with van der Waals surface area (Å²) < 4.78 is 13.5. The summed E-state index contributed by atoms with van der Waals surface area (Å²) in [5, 5.41) is 0. The van der Waals surface area contributed by atoms with E-state index in [2.05, 4.69) is 62.2 Å². The molecular formula is C28H28FN5. The fraction of sp³-hybridized carbons (Fsp3) is 0.214. The highest BCUT2D eigenvalue weighted by atomic mass is 19.1. The first-order valence-corrected chi connectivity index (χ1v) is 11.5. The zero-order valence-corrected chi connectivity index (χ0v) is 19.5. The van der Waals surface area contributed by atoms with Crippen molar-refractivity contribution in [3.63, 3.8) is 0 Å². The Bertz CT molecular complexity index is 1280. The second kappa shape index (κ2) is 9.51. The number of amidine groups is 1. The van der Waals surface area contributed by atoms with Crippen molar-refractivity contribution in [2.45, 2.75) is 25.8 Å². The average Bonchev–Trinajstić information content (AvgIpc) is 3.52. The topological polar surface area (TPSA) is 47.5 Å². The molecule has 0 saturated carbocycles. The van der Waals surface area contributed by atoms with Gasteiger partial charge in [0.15, 0.2) is 0 Å². The number of hydrogen-bond acceptors (Lipinski definition) is 4. The van der Waals surface area contributed by atoms with Crippen molar-refractivity contribution in [1.82, 2.24) is 14.9 Å². The molecule has 1 N–H and O–H groups in total. The van der Waals surface area contributed by atoms with E-state index in [1.54, 1.807) is 18.3 Å². The Hall–Kier alpha value is -3.93. The Kier molecular flexibility index (Phi) is 6.12. The molecule has 0 saturated heterocycles. The highest BCUT2D eigenvalue weighted by molar-refractivity contribution is 5.92. The molecule has 3 aromatic carbocycles. The fourth-order valence-electron chi connectivity index (χ4n) is 4.27. The molecule has 172 valence electrons. The Morgan fingerprint density at radius 1 is 0.882 bits per heavy atom. The number of likely N-dealkylation sites (N-methyl/N-ethyl adjacent to an activating group) is 1. The second-order valence-corrected chi connectivity index (χ2v) is 8.83. The second-order valence-electron chi connectivity index (χ2n) is 8.83. The van der Waals surface area contributed by atoms with Crippen LogP contribution in [-0.2, 0) is 25.8 Å². The first-order valence-electron chi connectivity index (χ1n) is 11.5. The van der Waals surface area contributed by atoms with Crippen LogP contribution in [-0.4, -0.2) is 34.8 Å². The van der Waals surface area contributed by atoms with E-state index in [1.807, 2.05) is 20.3 Å². The third kappa shape index (κ3) is 4.86. The van der Waals surface area contributed by atoms with Gasteiger partial charge in [-0.25, -0.2) is 14.4 Å². The fourth-order valence-corrected chi connectivity index (χ4v) is 4.27. The summed E-state index contributed by atoms with van der Waals surface area (Å²) >= 11 is 0. The number of halogens is 1.